The maximum absolute atomic E-state index is 10.6. The van der Waals surface area contributed by atoms with E-state index in [-0.39, 0.29) is 49.2 Å². The van der Waals surface area contributed by atoms with Crippen LogP contribution in [0.4, 0.5) is 0 Å². The molecule has 1 aromatic carbocycles. The van der Waals surface area contributed by atoms with E-state index in [0.29, 0.717) is 5.56 Å². The molecule has 0 saturated carbocycles. The van der Waals surface area contributed by atoms with Gasteiger partial charge in [-0.15, -0.1) is 35.9 Å². The standard InChI is InChI=1S/C8H7O.HI.Zn/c1-7(9)8-5-3-2-4-6-8;;/h2-5H,1H3;1H;/q-1;;+2/p-1. The van der Waals surface area contributed by atoms with Gasteiger partial charge >= 0.3 is 19.5 Å². The molecule has 1 aromatic rings. The Hall–Kier alpha value is 0.243. The molecular weight excluding hydrogens is 304 g/mol. The molecule has 0 heterocycles. The van der Waals surface area contributed by atoms with Crippen LogP contribution in [0.3, 0.4) is 0 Å². The third kappa shape index (κ3) is 4.64. The SMILES string of the molecule is CC(=O)c1[c-]cccc1.[I-].[Zn+2]. The van der Waals surface area contributed by atoms with Gasteiger partial charge in [0.2, 0.25) is 0 Å². The number of rotatable bonds is 1. The second-order valence-electron chi connectivity index (χ2n) is 1.83. The molecule has 3 heteroatoms. The molecule has 11 heavy (non-hydrogen) atoms. The van der Waals surface area contributed by atoms with Gasteiger partial charge in [-0.1, -0.05) is 0 Å². The molecule has 0 unspecified atom stereocenters. The van der Waals surface area contributed by atoms with E-state index in [9.17, 15) is 4.79 Å². The summed E-state index contributed by atoms with van der Waals surface area (Å²) in [6.45, 7) is 1.53. The van der Waals surface area contributed by atoms with E-state index < -0.39 is 0 Å². The number of carbonyl (C=O) groups excluding carboxylic acids is 1. The van der Waals surface area contributed by atoms with Crippen LogP contribution in [-0.2, 0) is 19.5 Å². The summed E-state index contributed by atoms with van der Waals surface area (Å²) in [6.07, 6.45) is 0. The smallest absolute Gasteiger partial charge is 1.00 e. The molecule has 0 atom stereocenters. The Morgan fingerprint density at radius 1 is 1.45 bits per heavy atom. The maximum Gasteiger partial charge on any atom is 2.00 e. The molecule has 0 radical (unpaired) electrons. The number of hydrogen-bond acceptors (Lipinski definition) is 1. The van der Waals surface area contributed by atoms with Gasteiger partial charge in [-0.05, 0) is 6.92 Å². The molecule has 0 aromatic heterocycles. The van der Waals surface area contributed by atoms with Crippen molar-refractivity contribution in [2.24, 2.45) is 0 Å². The molecule has 0 N–H and O–H groups in total. The quantitative estimate of drug-likeness (QED) is 0.272. The van der Waals surface area contributed by atoms with E-state index in [1.54, 1.807) is 12.1 Å². The van der Waals surface area contributed by atoms with Crippen LogP contribution in [0.25, 0.3) is 0 Å². The molecule has 0 amide bonds. The van der Waals surface area contributed by atoms with Crippen LogP contribution in [0.2, 0.25) is 0 Å². The van der Waals surface area contributed by atoms with Crippen LogP contribution in [0.15, 0.2) is 24.3 Å². The van der Waals surface area contributed by atoms with Crippen molar-refractivity contribution >= 4 is 5.78 Å². The minimum atomic E-state index is 0. The van der Waals surface area contributed by atoms with Crippen molar-refractivity contribution in [3.63, 3.8) is 0 Å². The minimum Gasteiger partial charge on any atom is -1.00 e. The predicted octanol–water partition coefficient (Wildman–Crippen LogP) is -1.31. The summed E-state index contributed by atoms with van der Waals surface area (Å²) in [6, 6.07) is 9.97. The van der Waals surface area contributed by atoms with Crippen molar-refractivity contribution in [3.05, 3.63) is 35.9 Å². The summed E-state index contributed by atoms with van der Waals surface area (Å²) < 4.78 is 0. The number of benzene rings is 1. The second kappa shape index (κ2) is 6.92. The fourth-order valence-corrected chi connectivity index (χ4v) is 0.612. The van der Waals surface area contributed by atoms with Crippen molar-refractivity contribution < 1.29 is 48.2 Å². The first-order valence-corrected chi connectivity index (χ1v) is 2.78. The van der Waals surface area contributed by atoms with Crippen LogP contribution >= 0.6 is 0 Å². The summed E-state index contributed by atoms with van der Waals surface area (Å²) in [5.41, 5.74) is 0.650. The number of Topliss-reactive ketones (excluding diaryl/α,β-unsaturated/α-hetero) is 1. The van der Waals surface area contributed by atoms with Crippen LogP contribution < -0.4 is 24.0 Å². The van der Waals surface area contributed by atoms with Crippen molar-refractivity contribution in [2.75, 3.05) is 0 Å². The van der Waals surface area contributed by atoms with Crippen molar-refractivity contribution in [1.82, 2.24) is 0 Å². The van der Waals surface area contributed by atoms with Crippen molar-refractivity contribution in [2.45, 2.75) is 6.92 Å². The normalized spacial score (nSPS) is 7.36. The molecule has 0 aliphatic heterocycles. The zero-order valence-corrected chi connectivity index (χ0v) is 11.4. The average molecular weight is 311 g/mol. The Morgan fingerprint density at radius 3 is 2.36 bits per heavy atom. The van der Waals surface area contributed by atoms with E-state index in [1.165, 1.54) is 6.92 Å². The molecule has 54 valence electrons. The maximum atomic E-state index is 10.6. The van der Waals surface area contributed by atoms with E-state index in [1.807, 2.05) is 12.1 Å². The summed E-state index contributed by atoms with van der Waals surface area (Å²) in [5, 5.41) is 0. The molecule has 1 nitrogen and oxygen atoms in total. The molecule has 0 aliphatic carbocycles. The van der Waals surface area contributed by atoms with Crippen LogP contribution in [0.5, 0.6) is 0 Å². The van der Waals surface area contributed by atoms with Crippen molar-refractivity contribution in [3.8, 4) is 0 Å². The molecule has 0 fully saturated rings. The molecule has 0 saturated heterocycles. The van der Waals surface area contributed by atoms with Gasteiger partial charge in [0.1, 0.15) is 0 Å². The second-order valence-corrected chi connectivity index (χ2v) is 1.83. The molecule has 1 rings (SSSR count). The fourth-order valence-electron chi connectivity index (χ4n) is 0.612. The number of carbonyl (C=O) groups is 1. The third-order valence-corrected chi connectivity index (χ3v) is 1.09. The zero-order chi connectivity index (χ0) is 6.69. The Morgan fingerprint density at radius 2 is 2.09 bits per heavy atom. The van der Waals surface area contributed by atoms with Gasteiger partial charge in [-0.2, -0.15) is 0 Å². The topological polar surface area (TPSA) is 17.1 Å². The van der Waals surface area contributed by atoms with Crippen LogP contribution in [0.1, 0.15) is 17.3 Å². The first-order valence-electron chi connectivity index (χ1n) is 2.78. The van der Waals surface area contributed by atoms with Gasteiger partial charge in [0.25, 0.3) is 0 Å². The van der Waals surface area contributed by atoms with Gasteiger partial charge < -0.3 is 28.8 Å². The van der Waals surface area contributed by atoms with E-state index in [0.717, 1.165) is 0 Å². The summed E-state index contributed by atoms with van der Waals surface area (Å²) in [4.78, 5) is 10.6. The Balaban J connectivity index is 0. The van der Waals surface area contributed by atoms with Crippen LogP contribution in [0, 0.1) is 6.07 Å². The number of hydrogen-bond donors (Lipinski definition) is 0. The Bertz CT molecular complexity index is 211. The van der Waals surface area contributed by atoms with Gasteiger partial charge in [0.15, 0.2) is 0 Å². The average Bonchev–Trinajstić information content (AvgIpc) is 1.90. The summed E-state index contributed by atoms with van der Waals surface area (Å²) in [5.74, 6) is 0.0654. The van der Waals surface area contributed by atoms with E-state index in [4.69, 9.17) is 0 Å². The number of halogens is 1. The summed E-state index contributed by atoms with van der Waals surface area (Å²) >= 11 is 0. The Labute approximate surface area is 96.3 Å². The predicted molar refractivity (Wildman–Crippen MR) is 35.3 cm³/mol. The molecule has 0 spiro atoms. The molecule has 0 bridgehead atoms. The molecule has 0 aliphatic rings. The van der Waals surface area contributed by atoms with Gasteiger partial charge in [-0.3, -0.25) is 0 Å². The largest absolute Gasteiger partial charge is 2.00 e. The monoisotopic (exact) mass is 310 g/mol. The first-order chi connectivity index (χ1) is 4.30. The van der Waals surface area contributed by atoms with Crippen molar-refractivity contribution in [1.29, 1.82) is 0 Å². The fraction of sp³-hybridized carbons (Fsp3) is 0.125. The summed E-state index contributed by atoms with van der Waals surface area (Å²) in [7, 11) is 0. The van der Waals surface area contributed by atoms with Gasteiger partial charge in [-0.25, -0.2) is 0 Å². The van der Waals surface area contributed by atoms with Gasteiger partial charge in [0, 0.05) is 0 Å². The third-order valence-electron chi connectivity index (χ3n) is 1.09. The Kier molecular flexibility index (Phi) is 8.69. The minimum absolute atomic E-state index is 0. The number of ketones is 1. The van der Waals surface area contributed by atoms with Crippen LogP contribution in [-0.4, -0.2) is 5.78 Å². The first kappa shape index (κ1) is 13.8. The van der Waals surface area contributed by atoms with Gasteiger partial charge in [0.05, 0.1) is 5.78 Å². The van der Waals surface area contributed by atoms with E-state index >= 15 is 0 Å². The zero-order valence-electron chi connectivity index (χ0n) is 6.30. The molecular formula is C8H7IOZn. The van der Waals surface area contributed by atoms with E-state index in [2.05, 4.69) is 6.07 Å².